The number of imidazole rings is 1. The van der Waals surface area contributed by atoms with Crippen LogP contribution in [0.1, 0.15) is 24.5 Å². The first-order chi connectivity index (χ1) is 8.58. The van der Waals surface area contributed by atoms with E-state index in [2.05, 4.69) is 30.9 Å². The van der Waals surface area contributed by atoms with Crippen LogP contribution in [-0.4, -0.2) is 19.5 Å². The monoisotopic (exact) mass is 346 g/mol. The minimum absolute atomic E-state index is 0.418. The highest BCUT2D eigenvalue weighted by Gasteiger charge is 2.29. The lowest BCUT2D eigenvalue weighted by atomic mass is 10.3. The van der Waals surface area contributed by atoms with Gasteiger partial charge in [0.2, 0.25) is 0 Å². The van der Waals surface area contributed by atoms with Crippen molar-refractivity contribution in [3.8, 4) is 11.6 Å². The average Bonchev–Trinajstić information content (AvgIpc) is 3.12. The second-order valence-corrected chi connectivity index (χ2v) is 5.81. The van der Waals surface area contributed by atoms with Gasteiger partial charge in [-0.1, -0.05) is 23.2 Å². The Hall–Kier alpha value is -0.650. The maximum atomic E-state index is 6.13. The van der Waals surface area contributed by atoms with Crippen molar-refractivity contribution in [1.82, 2.24) is 19.5 Å². The highest BCUT2D eigenvalue weighted by Crippen LogP contribution is 2.44. The van der Waals surface area contributed by atoms with Crippen molar-refractivity contribution in [1.29, 1.82) is 0 Å². The van der Waals surface area contributed by atoms with Gasteiger partial charge in [-0.3, -0.25) is 0 Å². The fourth-order valence-corrected chi connectivity index (χ4v) is 2.57. The SMILES string of the molecule is Cn1c(Cl)cnc1-c1nc(Cl)c(Br)c(C2CC2)n1. The van der Waals surface area contributed by atoms with Gasteiger partial charge in [0.05, 0.1) is 16.4 Å². The zero-order valence-electron chi connectivity index (χ0n) is 9.49. The first-order valence-corrected chi connectivity index (χ1v) is 7.03. The molecule has 1 fully saturated rings. The molecular formula is C11H9BrCl2N4. The molecule has 94 valence electrons. The summed E-state index contributed by atoms with van der Waals surface area (Å²) in [7, 11) is 1.82. The van der Waals surface area contributed by atoms with Gasteiger partial charge in [-0.2, -0.15) is 0 Å². The summed E-state index contributed by atoms with van der Waals surface area (Å²) in [6.45, 7) is 0. The molecule has 0 spiro atoms. The van der Waals surface area contributed by atoms with Crippen LogP contribution in [0.5, 0.6) is 0 Å². The van der Waals surface area contributed by atoms with Crippen molar-refractivity contribution >= 4 is 39.1 Å². The largest absolute Gasteiger partial charge is 0.316 e. The van der Waals surface area contributed by atoms with E-state index in [4.69, 9.17) is 23.2 Å². The first kappa shape index (κ1) is 12.4. The van der Waals surface area contributed by atoms with E-state index in [1.807, 2.05) is 7.05 Å². The van der Waals surface area contributed by atoms with Crippen LogP contribution >= 0.6 is 39.1 Å². The van der Waals surface area contributed by atoms with E-state index in [9.17, 15) is 0 Å². The number of rotatable bonds is 2. The Balaban J connectivity index is 2.15. The number of hydrogen-bond acceptors (Lipinski definition) is 3. The highest BCUT2D eigenvalue weighted by atomic mass is 79.9. The third-order valence-corrected chi connectivity index (χ3v) is 4.57. The normalized spacial score (nSPS) is 15.1. The molecule has 0 radical (unpaired) electrons. The number of hydrogen-bond donors (Lipinski definition) is 0. The van der Waals surface area contributed by atoms with Crippen LogP contribution in [-0.2, 0) is 7.05 Å². The van der Waals surface area contributed by atoms with Crippen molar-refractivity contribution in [3.63, 3.8) is 0 Å². The summed E-state index contributed by atoms with van der Waals surface area (Å²) < 4.78 is 2.52. The van der Waals surface area contributed by atoms with Crippen molar-refractivity contribution in [3.05, 3.63) is 26.7 Å². The number of halogens is 3. The zero-order valence-corrected chi connectivity index (χ0v) is 12.6. The average molecular weight is 348 g/mol. The quantitative estimate of drug-likeness (QED) is 0.775. The molecule has 0 unspecified atom stereocenters. The fourth-order valence-electron chi connectivity index (χ4n) is 1.76. The Bertz CT molecular complexity index is 622. The number of nitrogens with zero attached hydrogens (tertiary/aromatic N) is 4. The fraction of sp³-hybridized carbons (Fsp3) is 0.364. The van der Waals surface area contributed by atoms with Crippen LogP contribution in [0, 0.1) is 0 Å². The molecule has 1 saturated carbocycles. The zero-order chi connectivity index (χ0) is 12.9. The molecule has 0 aromatic carbocycles. The van der Waals surface area contributed by atoms with Gasteiger partial charge in [-0.25, -0.2) is 15.0 Å². The van der Waals surface area contributed by atoms with E-state index in [-0.39, 0.29) is 0 Å². The van der Waals surface area contributed by atoms with E-state index >= 15 is 0 Å². The molecule has 18 heavy (non-hydrogen) atoms. The Labute approximate surface area is 122 Å². The van der Waals surface area contributed by atoms with E-state index in [1.54, 1.807) is 10.8 Å². The Morgan fingerprint density at radius 2 is 2.06 bits per heavy atom. The highest BCUT2D eigenvalue weighted by molar-refractivity contribution is 9.10. The van der Waals surface area contributed by atoms with Crippen molar-refractivity contribution < 1.29 is 0 Å². The minimum atomic E-state index is 0.418. The van der Waals surface area contributed by atoms with Gasteiger partial charge in [0.15, 0.2) is 11.6 Å². The van der Waals surface area contributed by atoms with Gasteiger partial charge in [0, 0.05) is 13.0 Å². The maximum Gasteiger partial charge on any atom is 0.197 e. The topological polar surface area (TPSA) is 43.6 Å². The van der Waals surface area contributed by atoms with Gasteiger partial charge >= 0.3 is 0 Å². The second-order valence-electron chi connectivity index (χ2n) is 4.28. The summed E-state index contributed by atoms with van der Waals surface area (Å²) in [6, 6.07) is 0. The van der Waals surface area contributed by atoms with Crippen molar-refractivity contribution in [2.24, 2.45) is 7.05 Å². The molecule has 1 aliphatic rings. The summed E-state index contributed by atoms with van der Waals surface area (Å²) in [4.78, 5) is 13.0. The molecule has 0 saturated heterocycles. The third kappa shape index (κ3) is 2.04. The number of aromatic nitrogens is 4. The summed E-state index contributed by atoms with van der Waals surface area (Å²) in [5.74, 6) is 1.62. The van der Waals surface area contributed by atoms with Gasteiger partial charge in [-0.15, -0.1) is 0 Å². The molecule has 2 aromatic heterocycles. The summed E-state index contributed by atoms with van der Waals surface area (Å²) >= 11 is 15.5. The molecule has 1 aliphatic carbocycles. The molecular weight excluding hydrogens is 339 g/mol. The standard InChI is InChI=1S/C11H9BrCl2N4/c1-18-6(13)4-15-11(18)10-16-8(5-2-3-5)7(12)9(14)17-10/h4-5H,2-3H2,1H3. The molecule has 4 nitrogen and oxygen atoms in total. The van der Waals surface area contributed by atoms with Gasteiger partial charge in [-0.05, 0) is 28.8 Å². The lowest BCUT2D eigenvalue weighted by Gasteiger charge is -2.07. The van der Waals surface area contributed by atoms with Gasteiger partial charge in [0.25, 0.3) is 0 Å². The molecule has 2 aromatic rings. The van der Waals surface area contributed by atoms with Crippen LogP contribution in [0.3, 0.4) is 0 Å². The Morgan fingerprint density at radius 1 is 1.33 bits per heavy atom. The lowest BCUT2D eigenvalue weighted by molar-refractivity contribution is 0.891. The van der Waals surface area contributed by atoms with Crippen LogP contribution in [0.25, 0.3) is 11.6 Å². The van der Waals surface area contributed by atoms with E-state index in [0.29, 0.717) is 27.9 Å². The predicted molar refractivity (Wildman–Crippen MR) is 73.9 cm³/mol. The molecule has 0 bridgehead atoms. The third-order valence-electron chi connectivity index (χ3n) is 2.93. The predicted octanol–water partition coefficient (Wildman–Crippen LogP) is 3.82. The lowest BCUT2D eigenvalue weighted by Crippen LogP contribution is -2.02. The maximum absolute atomic E-state index is 6.13. The van der Waals surface area contributed by atoms with E-state index in [1.165, 1.54) is 0 Å². The molecule has 7 heteroatoms. The van der Waals surface area contributed by atoms with Crippen LogP contribution in [0.2, 0.25) is 10.3 Å². The van der Waals surface area contributed by atoms with Crippen molar-refractivity contribution in [2.45, 2.75) is 18.8 Å². The van der Waals surface area contributed by atoms with Crippen LogP contribution < -0.4 is 0 Å². The summed E-state index contributed by atoms with van der Waals surface area (Å²) in [5, 5.41) is 0.960. The van der Waals surface area contributed by atoms with E-state index < -0.39 is 0 Å². The van der Waals surface area contributed by atoms with Crippen LogP contribution in [0.15, 0.2) is 10.7 Å². The van der Waals surface area contributed by atoms with Crippen molar-refractivity contribution in [2.75, 3.05) is 0 Å². The minimum Gasteiger partial charge on any atom is -0.316 e. The molecule has 2 heterocycles. The molecule has 3 rings (SSSR count). The van der Waals surface area contributed by atoms with Crippen LogP contribution in [0.4, 0.5) is 0 Å². The second kappa shape index (κ2) is 4.47. The Kier molecular flexibility index (Phi) is 3.08. The molecule has 0 N–H and O–H groups in total. The van der Waals surface area contributed by atoms with E-state index in [0.717, 1.165) is 23.0 Å². The first-order valence-electron chi connectivity index (χ1n) is 5.48. The smallest absolute Gasteiger partial charge is 0.197 e. The summed E-state index contributed by atoms with van der Waals surface area (Å²) in [5.41, 5.74) is 0.962. The summed E-state index contributed by atoms with van der Waals surface area (Å²) in [6.07, 6.45) is 3.87. The molecule has 0 amide bonds. The molecule has 0 atom stereocenters. The van der Waals surface area contributed by atoms with Gasteiger partial charge in [0.1, 0.15) is 10.3 Å². The van der Waals surface area contributed by atoms with Gasteiger partial charge < -0.3 is 4.57 Å². The molecule has 0 aliphatic heterocycles. The Morgan fingerprint density at radius 3 is 2.61 bits per heavy atom.